The standard InChI is InChI=1S/C39H42O5/c1-4-28-16-22-35-33(25-28)19-18-32-17-13-30(12-11-29-9-7-6-8-10-29)26-36(32)38(35)44-24-23-43-34-20-14-31(15-21-34)27-37(41-3)39(40)42-5-2/h6-10,13-22,25-26,37-38H,4-5,11-12,23-24,27H2,1-3H3. The number of carbonyl (C=O) groups excluding carboxylic acids is 1. The lowest BCUT2D eigenvalue weighted by Crippen LogP contribution is -2.27. The zero-order valence-electron chi connectivity index (χ0n) is 26.0. The van der Waals surface area contributed by atoms with E-state index in [1.807, 2.05) is 24.3 Å². The van der Waals surface area contributed by atoms with E-state index >= 15 is 0 Å². The molecule has 0 bridgehead atoms. The second kappa shape index (κ2) is 15.5. The van der Waals surface area contributed by atoms with Crippen molar-refractivity contribution in [3.05, 3.63) is 136 Å². The molecular formula is C39H42O5. The van der Waals surface area contributed by atoms with Gasteiger partial charge in [0.15, 0.2) is 6.10 Å². The fraction of sp³-hybridized carbons (Fsp3) is 0.308. The normalized spacial score (nSPS) is 14.3. The zero-order chi connectivity index (χ0) is 30.7. The summed E-state index contributed by atoms with van der Waals surface area (Å²) in [6.45, 7) is 5.15. The SMILES string of the molecule is CCOC(=O)C(Cc1ccc(OCCOC2c3ccc(CC)cc3C=Cc3ccc(CCc4ccccc4)cc32)cc1)OC. The van der Waals surface area contributed by atoms with Gasteiger partial charge in [-0.3, -0.25) is 0 Å². The van der Waals surface area contributed by atoms with E-state index in [9.17, 15) is 4.79 Å². The lowest BCUT2D eigenvalue weighted by molar-refractivity contribution is -0.154. The van der Waals surface area contributed by atoms with E-state index in [0.29, 0.717) is 26.2 Å². The van der Waals surface area contributed by atoms with Crippen LogP contribution in [-0.2, 0) is 44.7 Å². The molecule has 0 aliphatic heterocycles. The average Bonchev–Trinajstić information content (AvgIpc) is 3.21. The minimum Gasteiger partial charge on any atom is -0.491 e. The first-order valence-corrected chi connectivity index (χ1v) is 15.6. The Kier molecular flexibility index (Phi) is 11.0. The number of hydrogen-bond donors (Lipinski definition) is 0. The topological polar surface area (TPSA) is 54.0 Å². The van der Waals surface area contributed by atoms with Crippen LogP contribution >= 0.6 is 0 Å². The Morgan fingerprint density at radius 2 is 1.45 bits per heavy atom. The van der Waals surface area contributed by atoms with Crippen molar-refractivity contribution in [2.24, 2.45) is 0 Å². The molecule has 0 saturated heterocycles. The molecule has 5 rings (SSSR count). The molecule has 4 aromatic rings. The molecule has 0 amide bonds. The van der Waals surface area contributed by atoms with E-state index in [-0.39, 0.29) is 12.1 Å². The molecule has 5 heteroatoms. The van der Waals surface area contributed by atoms with Gasteiger partial charge in [0.05, 0.1) is 13.2 Å². The smallest absolute Gasteiger partial charge is 0.335 e. The minimum atomic E-state index is -0.623. The van der Waals surface area contributed by atoms with Crippen molar-refractivity contribution >= 4 is 18.1 Å². The Balaban J connectivity index is 1.26. The van der Waals surface area contributed by atoms with Gasteiger partial charge in [-0.15, -0.1) is 0 Å². The first kappa shape index (κ1) is 31.2. The number of rotatable bonds is 14. The molecule has 4 aromatic carbocycles. The van der Waals surface area contributed by atoms with Crippen molar-refractivity contribution in [1.82, 2.24) is 0 Å². The number of hydrogen-bond acceptors (Lipinski definition) is 5. The summed E-state index contributed by atoms with van der Waals surface area (Å²) in [5.74, 6) is 0.403. The second-order valence-corrected chi connectivity index (χ2v) is 11.0. The van der Waals surface area contributed by atoms with Crippen molar-refractivity contribution in [3.63, 3.8) is 0 Å². The predicted molar refractivity (Wildman–Crippen MR) is 176 cm³/mol. The van der Waals surface area contributed by atoms with Crippen LogP contribution in [0.25, 0.3) is 12.2 Å². The molecule has 2 unspecified atom stereocenters. The maximum Gasteiger partial charge on any atom is 0.335 e. The van der Waals surface area contributed by atoms with Crippen LogP contribution in [0.3, 0.4) is 0 Å². The summed E-state index contributed by atoms with van der Waals surface area (Å²) in [5.41, 5.74) is 9.68. The Morgan fingerprint density at radius 3 is 2.20 bits per heavy atom. The third-order valence-corrected chi connectivity index (χ3v) is 8.08. The first-order valence-electron chi connectivity index (χ1n) is 15.6. The van der Waals surface area contributed by atoms with Gasteiger partial charge in [0.2, 0.25) is 0 Å². The molecule has 0 aromatic heterocycles. The van der Waals surface area contributed by atoms with Crippen molar-refractivity contribution < 1.29 is 23.7 Å². The van der Waals surface area contributed by atoms with Crippen LogP contribution in [-0.4, -0.2) is 39.0 Å². The van der Waals surface area contributed by atoms with Crippen LogP contribution in [0.15, 0.2) is 91.0 Å². The first-order chi connectivity index (χ1) is 21.6. The van der Waals surface area contributed by atoms with Gasteiger partial charge in [-0.05, 0) is 82.8 Å². The molecule has 0 fully saturated rings. The molecule has 0 N–H and O–H groups in total. The largest absolute Gasteiger partial charge is 0.491 e. The molecule has 1 aliphatic carbocycles. The van der Waals surface area contributed by atoms with Crippen molar-refractivity contribution in [3.8, 4) is 5.75 Å². The quantitative estimate of drug-likeness (QED) is 0.111. The summed E-state index contributed by atoms with van der Waals surface area (Å²) < 4.78 is 23.1. The highest BCUT2D eigenvalue weighted by atomic mass is 16.6. The monoisotopic (exact) mass is 590 g/mol. The predicted octanol–water partition coefficient (Wildman–Crippen LogP) is 7.82. The summed E-state index contributed by atoms with van der Waals surface area (Å²) in [6.07, 6.45) is 7.02. The molecule has 1 aliphatic rings. The van der Waals surface area contributed by atoms with Crippen LogP contribution < -0.4 is 4.74 Å². The average molecular weight is 591 g/mol. The van der Waals surface area contributed by atoms with Gasteiger partial charge >= 0.3 is 5.97 Å². The Hall–Kier alpha value is -4.19. The van der Waals surface area contributed by atoms with Crippen molar-refractivity contribution in [2.75, 3.05) is 26.9 Å². The van der Waals surface area contributed by atoms with E-state index < -0.39 is 6.10 Å². The lowest BCUT2D eigenvalue weighted by atomic mass is 9.92. The molecule has 0 spiro atoms. The van der Waals surface area contributed by atoms with Gasteiger partial charge in [0, 0.05) is 13.5 Å². The van der Waals surface area contributed by atoms with Gasteiger partial charge in [-0.2, -0.15) is 0 Å². The molecule has 228 valence electrons. The molecule has 0 heterocycles. The molecule has 2 atom stereocenters. The fourth-order valence-corrected chi connectivity index (χ4v) is 5.61. The highest BCUT2D eigenvalue weighted by molar-refractivity contribution is 5.77. The summed E-state index contributed by atoms with van der Waals surface area (Å²) in [7, 11) is 1.52. The van der Waals surface area contributed by atoms with E-state index in [4.69, 9.17) is 18.9 Å². The second-order valence-electron chi connectivity index (χ2n) is 11.0. The Labute approximate surface area is 261 Å². The number of benzene rings is 4. The van der Waals surface area contributed by atoms with Crippen molar-refractivity contribution in [2.45, 2.75) is 51.7 Å². The van der Waals surface area contributed by atoms with Crippen molar-refractivity contribution in [1.29, 1.82) is 0 Å². The van der Waals surface area contributed by atoms with E-state index in [1.54, 1.807) is 6.92 Å². The van der Waals surface area contributed by atoms with Gasteiger partial charge in [-0.1, -0.05) is 97.9 Å². The maximum absolute atomic E-state index is 12.1. The molecule has 44 heavy (non-hydrogen) atoms. The highest BCUT2D eigenvalue weighted by Crippen LogP contribution is 2.37. The lowest BCUT2D eigenvalue weighted by Gasteiger charge is -2.22. The number of carbonyl (C=O) groups is 1. The highest BCUT2D eigenvalue weighted by Gasteiger charge is 2.23. The third kappa shape index (κ3) is 8.04. The third-order valence-electron chi connectivity index (χ3n) is 8.08. The van der Waals surface area contributed by atoms with E-state index in [2.05, 4.69) is 85.8 Å². The molecule has 0 saturated carbocycles. The zero-order valence-corrected chi connectivity index (χ0v) is 26.0. The number of fused-ring (bicyclic) bond motifs is 2. The molecular weight excluding hydrogens is 548 g/mol. The van der Waals surface area contributed by atoms with Crippen LogP contribution in [0.4, 0.5) is 0 Å². The van der Waals surface area contributed by atoms with Crippen LogP contribution in [0.1, 0.15) is 64.5 Å². The summed E-state index contributed by atoms with van der Waals surface area (Å²) in [5, 5.41) is 0. The van der Waals surface area contributed by atoms with Gasteiger partial charge < -0.3 is 18.9 Å². The molecule has 5 nitrogen and oxygen atoms in total. The number of ether oxygens (including phenoxy) is 4. The number of methoxy groups -OCH3 is 1. The minimum absolute atomic E-state index is 0.197. The maximum atomic E-state index is 12.1. The Morgan fingerprint density at radius 1 is 0.727 bits per heavy atom. The number of esters is 1. The van der Waals surface area contributed by atoms with Crippen LogP contribution in [0, 0.1) is 0 Å². The van der Waals surface area contributed by atoms with Crippen LogP contribution in [0.2, 0.25) is 0 Å². The van der Waals surface area contributed by atoms with Gasteiger partial charge in [-0.25, -0.2) is 4.79 Å². The Bertz CT molecular complexity index is 1540. The summed E-state index contributed by atoms with van der Waals surface area (Å²) >= 11 is 0. The van der Waals surface area contributed by atoms with Crippen LogP contribution in [0.5, 0.6) is 5.75 Å². The molecule has 0 radical (unpaired) electrons. The van der Waals surface area contributed by atoms with Gasteiger partial charge in [0.25, 0.3) is 0 Å². The van der Waals surface area contributed by atoms with E-state index in [1.165, 1.54) is 46.1 Å². The summed E-state index contributed by atoms with van der Waals surface area (Å²) in [4.78, 5) is 12.1. The van der Waals surface area contributed by atoms with E-state index in [0.717, 1.165) is 30.6 Å². The fourth-order valence-electron chi connectivity index (χ4n) is 5.61. The number of aryl methyl sites for hydroxylation is 3. The van der Waals surface area contributed by atoms with Gasteiger partial charge in [0.1, 0.15) is 18.5 Å². The summed E-state index contributed by atoms with van der Waals surface area (Å²) in [6, 6.07) is 31.9.